The van der Waals surface area contributed by atoms with Gasteiger partial charge in [0.25, 0.3) is 0 Å². The fourth-order valence-electron chi connectivity index (χ4n) is 5.59. The van der Waals surface area contributed by atoms with E-state index < -0.39 is 0 Å². The number of nitrogens with zero attached hydrogens (tertiary/aromatic N) is 1. The van der Waals surface area contributed by atoms with Crippen LogP contribution in [0, 0.1) is 0 Å². The minimum atomic E-state index is 0.0421. The van der Waals surface area contributed by atoms with Gasteiger partial charge in [0.15, 0.2) is 5.11 Å². The average Bonchev–Trinajstić information content (AvgIpc) is 2.89. The molecule has 0 unspecified atom stereocenters. The van der Waals surface area contributed by atoms with Crippen LogP contribution in [0.3, 0.4) is 0 Å². The predicted molar refractivity (Wildman–Crippen MR) is 151 cm³/mol. The molecular weight excluding hydrogens is 446 g/mol. The van der Waals surface area contributed by atoms with E-state index in [0.717, 1.165) is 26.1 Å². The van der Waals surface area contributed by atoms with Crippen molar-refractivity contribution in [2.75, 3.05) is 19.6 Å². The van der Waals surface area contributed by atoms with Gasteiger partial charge in [0.2, 0.25) is 0 Å². The summed E-state index contributed by atoms with van der Waals surface area (Å²) in [4.78, 5) is 2.56. The quantitative estimate of drug-likeness (QED) is 0.326. The summed E-state index contributed by atoms with van der Waals surface area (Å²) in [5.74, 6) is 0. The van der Waals surface area contributed by atoms with Gasteiger partial charge >= 0.3 is 0 Å². The van der Waals surface area contributed by atoms with Crippen molar-refractivity contribution in [1.29, 1.82) is 0 Å². The maximum absolute atomic E-state index is 5.75. The highest BCUT2D eigenvalue weighted by atomic mass is 32.1. The van der Waals surface area contributed by atoms with E-state index in [1.54, 1.807) is 0 Å². The molecule has 0 bridgehead atoms. The van der Waals surface area contributed by atoms with Crippen LogP contribution in [0.15, 0.2) is 102 Å². The van der Waals surface area contributed by atoms with E-state index in [2.05, 4.69) is 113 Å². The second-order valence-corrected chi connectivity index (χ2v) is 9.86. The van der Waals surface area contributed by atoms with Crippen LogP contribution in [-0.2, 0) is 0 Å². The minimum Gasteiger partial charge on any atom is -0.352 e. The largest absolute Gasteiger partial charge is 0.352 e. The molecule has 0 amide bonds. The van der Waals surface area contributed by atoms with Crippen molar-refractivity contribution in [1.82, 2.24) is 15.5 Å². The first-order valence-corrected chi connectivity index (χ1v) is 12.8. The molecule has 0 saturated carbocycles. The van der Waals surface area contributed by atoms with E-state index >= 15 is 0 Å². The van der Waals surface area contributed by atoms with Gasteiger partial charge in [-0.15, -0.1) is 0 Å². The summed E-state index contributed by atoms with van der Waals surface area (Å²) in [6.45, 7) is 5.16. The summed E-state index contributed by atoms with van der Waals surface area (Å²) in [5, 5.41) is 12.9. The van der Waals surface area contributed by atoms with Gasteiger partial charge in [0.05, 0.1) is 6.04 Å². The molecule has 1 atom stereocenters. The Morgan fingerprint density at radius 2 is 1.54 bits per heavy atom. The Bertz CT molecular complexity index is 1490. The molecule has 2 heterocycles. The van der Waals surface area contributed by atoms with Crippen LogP contribution in [0.1, 0.15) is 30.5 Å². The van der Waals surface area contributed by atoms with Gasteiger partial charge in [-0.1, -0.05) is 91.9 Å². The van der Waals surface area contributed by atoms with Crippen LogP contribution >= 0.6 is 12.2 Å². The molecular formula is C31H29N3S. The second-order valence-electron chi connectivity index (χ2n) is 9.45. The number of rotatable bonds is 4. The molecule has 4 aromatic rings. The van der Waals surface area contributed by atoms with Gasteiger partial charge in [-0.2, -0.15) is 0 Å². The first kappa shape index (κ1) is 22.0. The molecule has 6 rings (SSSR count). The number of benzene rings is 4. The van der Waals surface area contributed by atoms with Gasteiger partial charge in [-0.25, -0.2) is 0 Å². The summed E-state index contributed by atoms with van der Waals surface area (Å²) < 4.78 is 0. The Morgan fingerprint density at radius 1 is 0.857 bits per heavy atom. The lowest BCUT2D eigenvalue weighted by molar-refractivity contribution is 0.301. The zero-order valence-corrected chi connectivity index (χ0v) is 20.7. The molecule has 4 aromatic carbocycles. The molecule has 4 heteroatoms. The van der Waals surface area contributed by atoms with Crippen molar-refractivity contribution >= 4 is 45.0 Å². The van der Waals surface area contributed by atoms with Crippen molar-refractivity contribution in [3.05, 3.63) is 113 Å². The van der Waals surface area contributed by atoms with Crippen molar-refractivity contribution in [3.8, 4) is 0 Å². The summed E-state index contributed by atoms with van der Waals surface area (Å²) >= 11 is 5.75. The number of fused-ring (bicyclic) bond motifs is 2. The van der Waals surface area contributed by atoms with Gasteiger partial charge in [-0.3, -0.25) is 4.90 Å². The van der Waals surface area contributed by atoms with Crippen LogP contribution in [0.2, 0.25) is 0 Å². The number of thiocarbonyl (C=S) groups is 1. The zero-order valence-electron chi connectivity index (χ0n) is 19.9. The third-order valence-electron chi connectivity index (χ3n) is 7.12. The van der Waals surface area contributed by atoms with Crippen LogP contribution in [-0.4, -0.2) is 29.6 Å². The van der Waals surface area contributed by atoms with Crippen LogP contribution in [0.25, 0.3) is 27.6 Å². The molecule has 0 aliphatic carbocycles. The van der Waals surface area contributed by atoms with Crippen LogP contribution in [0.5, 0.6) is 0 Å². The summed E-state index contributed by atoms with van der Waals surface area (Å²) in [7, 11) is 0. The van der Waals surface area contributed by atoms with E-state index in [0.29, 0.717) is 5.11 Å². The molecule has 0 radical (unpaired) electrons. The van der Waals surface area contributed by atoms with Crippen molar-refractivity contribution in [2.24, 2.45) is 0 Å². The lowest BCUT2D eigenvalue weighted by Gasteiger charge is -2.40. The lowest BCUT2D eigenvalue weighted by Crippen LogP contribution is -2.50. The molecule has 2 aliphatic heterocycles. The molecule has 0 fully saturated rings. The molecule has 2 aliphatic rings. The molecule has 2 N–H and O–H groups in total. The molecule has 0 spiro atoms. The Balaban J connectivity index is 1.53. The molecule has 35 heavy (non-hydrogen) atoms. The Morgan fingerprint density at radius 3 is 2.34 bits per heavy atom. The molecule has 0 aromatic heterocycles. The Labute approximate surface area is 212 Å². The average molecular weight is 476 g/mol. The normalized spacial score (nSPS) is 19.6. The second kappa shape index (κ2) is 9.29. The lowest BCUT2D eigenvalue weighted by atomic mass is 9.86. The van der Waals surface area contributed by atoms with Crippen molar-refractivity contribution in [3.63, 3.8) is 0 Å². The maximum atomic E-state index is 5.75. The maximum Gasteiger partial charge on any atom is 0.171 e. The van der Waals surface area contributed by atoms with E-state index in [4.69, 9.17) is 12.2 Å². The van der Waals surface area contributed by atoms with Gasteiger partial charge in [0, 0.05) is 18.8 Å². The number of nitrogens with one attached hydrogen (secondary N) is 2. The van der Waals surface area contributed by atoms with E-state index in [1.165, 1.54) is 49.5 Å². The van der Waals surface area contributed by atoms with Crippen LogP contribution < -0.4 is 10.6 Å². The third kappa shape index (κ3) is 4.13. The first-order valence-electron chi connectivity index (χ1n) is 12.4. The highest BCUT2D eigenvalue weighted by Gasteiger charge is 2.33. The van der Waals surface area contributed by atoms with E-state index in [9.17, 15) is 0 Å². The topological polar surface area (TPSA) is 27.3 Å². The standard InChI is InChI=1S/C31H29N3S/c1-2-17-34-19-24(18-23-13-7-11-21-9-3-5-14-25(21)23)29-28(20-34)30(33-31(35)32-29)27-16-8-12-22-10-4-6-15-26(22)27/h3-16,18,30H,2,17,19-20H2,1H3,(H2,32,33,35)/b24-18+/t30-/m1/s1. The molecule has 0 saturated heterocycles. The fourth-order valence-corrected chi connectivity index (χ4v) is 5.81. The summed E-state index contributed by atoms with van der Waals surface area (Å²) in [6.07, 6.45) is 3.49. The van der Waals surface area contributed by atoms with Gasteiger partial charge < -0.3 is 10.6 Å². The zero-order chi connectivity index (χ0) is 23.8. The Kier molecular flexibility index (Phi) is 5.85. The molecule has 3 nitrogen and oxygen atoms in total. The third-order valence-corrected chi connectivity index (χ3v) is 7.34. The fraction of sp³-hybridized carbons (Fsp3) is 0.194. The first-order chi connectivity index (χ1) is 17.2. The monoisotopic (exact) mass is 475 g/mol. The van der Waals surface area contributed by atoms with E-state index in [-0.39, 0.29) is 6.04 Å². The predicted octanol–water partition coefficient (Wildman–Crippen LogP) is 6.58. The highest BCUT2D eigenvalue weighted by Crippen LogP contribution is 2.37. The summed E-state index contributed by atoms with van der Waals surface area (Å²) in [5.41, 5.74) is 6.37. The van der Waals surface area contributed by atoms with Gasteiger partial charge in [-0.05, 0) is 75.1 Å². The summed E-state index contributed by atoms with van der Waals surface area (Å²) in [6, 6.07) is 30.4. The molecule has 174 valence electrons. The van der Waals surface area contributed by atoms with Crippen molar-refractivity contribution in [2.45, 2.75) is 19.4 Å². The SMILES string of the molecule is CCCN1CC2=C(NC(=S)N[C@@H]2c2cccc3ccccc23)/C(=C/c2cccc3ccccc23)C1. The minimum absolute atomic E-state index is 0.0421. The highest BCUT2D eigenvalue weighted by molar-refractivity contribution is 7.80. The Hall–Kier alpha value is -3.47. The number of hydrogen-bond donors (Lipinski definition) is 2. The van der Waals surface area contributed by atoms with E-state index in [1.807, 2.05) is 0 Å². The van der Waals surface area contributed by atoms with Crippen LogP contribution in [0.4, 0.5) is 0 Å². The number of hydrogen-bond acceptors (Lipinski definition) is 2. The van der Waals surface area contributed by atoms with Crippen molar-refractivity contribution < 1.29 is 0 Å². The van der Waals surface area contributed by atoms with Gasteiger partial charge in [0.1, 0.15) is 0 Å². The smallest absolute Gasteiger partial charge is 0.171 e.